The van der Waals surface area contributed by atoms with Crippen LogP contribution in [-0.4, -0.2) is 64.3 Å². The monoisotopic (exact) mass is 256 g/mol. The summed E-state index contributed by atoms with van der Waals surface area (Å²) < 4.78 is 0. The molecule has 2 fully saturated rings. The van der Waals surface area contributed by atoms with Crippen LogP contribution >= 0.6 is 0 Å². The molecule has 2 aliphatic carbocycles. The summed E-state index contributed by atoms with van der Waals surface area (Å²) in [5, 5.41) is 17.9. The molecule has 0 aliphatic heterocycles. The summed E-state index contributed by atoms with van der Waals surface area (Å²) in [6.45, 7) is 0.501. The molecule has 2 saturated carbocycles. The Hall–Kier alpha value is -1.30. The number of amides is 2. The van der Waals surface area contributed by atoms with Crippen molar-refractivity contribution in [3.63, 3.8) is 0 Å². The van der Waals surface area contributed by atoms with E-state index in [0.29, 0.717) is 19.0 Å². The van der Waals surface area contributed by atoms with Gasteiger partial charge < -0.3 is 20.0 Å². The summed E-state index contributed by atoms with van der Waals surface area (Å²) in [5.74, 6) is -0.521. The Morgan fingerprint density at radius 2 is 1.83 bits per heavy atom. The Morgan fingerprint density at radius 3 is 2.28 bits per heavy atom. The minimum atomic E-state index is -0.983. The van der Waals surface area contributed by atoms with Gasteiger partial charge in [0.05, 0.1) is 6.61 Å². The Bertz CT molecular complexity index is 326. The van der Waals surface area contributed by atoms with E-state index in [-0.39, 0.29) is 25.2 Å². The quantitative estimate of drug-likeness (QED) is 0.689. The van der Waals surface area contributed by atoms with Gasteiger partial charge in [-0.05, 0) is 31.6 Å². The maximum atomic E-state index is 12.3. The minimum Gasteiger partial charge on any atom is -0.480 e. The highest BCUT2D eigenvalue weighted by molar-refractivity contribution is 5.80. The lowest BCUT2D eigenvalue weighted by atomic mass is 10.3. The number of hydrogen-bond acceptors (Lipinski definition) is 3. The SMILES string of the molecule is O=C(O)CN(CC1CC1)C(=O)N(CCO)C1CC1. The zero-order chi connectivity index (χ0) is 13.1. The number of carboxylic acids is 1. The molecule has 18 heavy (non-hydrogen) atoms. The summed E-state index contributed by atoms with van der Waals surface area (Å²) in [7, 11) is 0. The molecule has 0 spiro atoms. The molecule has 0 aromatic rings. The zero-order valence-corrected chi connectivity index (χ0v) is 10.4. The number of aliphatic carboxylic acids is 1. The number of carbonyl (C=O) groups is 2. The van der Waals surface area contributed by atoms with Gasteiger partial charge in [0.1, 0.15) is 6.54 Å². The van der Waals surface area contributed by atoms with Gasteiger partial charge in [0, 0.05) is 19.1 Å². The van der Waals surface area contributed by atoms with Gasteiger partial charge in [-0.25, -0.2) is 4.79 Å². The third kappa shape index (κ3) is 3.60. The predicted octanol–water partition coefficient (Wildman–Crippen LogP) is 0.360. The standard InChI is InChI=1S/C12H20N2O4/c15-6-5-14(10-3-4-10)12(18)13(8-11(16)17)7-9-1-2-9/h9-10,15H,1-8H2,(H,16,17). The summed E-state index contributed by atoms with van der Waals surface area (Å²) in [6.07, 6.45) is 4.06. The van der Waals surface area contributed by atoms with E-state index in [4.69, 9.17) is 10.2 Å². The summed E-state index contributed by atoms with van der Waals surface area (Å²) in [4.78, 5) is 26.1. The number of aliphatic hydroxyl groups excluding tert-OH is 1. The largest absolute Gasteiger partial charge is 0.480 e. The van der Waals surface area contributed by atoms with E-state index in [2.05, 4.69) is 0 Å². The maximum Gasteiger partial charge on any atom is 0.323 e. The summed E-state index contributed by atoms with van der Waals surface area (Å²) >= 11 is 0. The van der Waals surface area contributed by atoms with Gasteiger partial charge in [-0.3, -0.25) is 4.79 Å². The zero-order valence-electron chi connectivity index (χ0n) is 10.4. The van der Waals surface area contributed by atoms with Crippen molar-refractivity contribution in [3.8, 4) is 0 Å². The molecule has 2 amide bonds. The Morgan fingerprint density at radius 1 is 1.17 bits per heavy atom. The smallest absolute Gasteiger partial charge is 0.323 e. The van der Waals surface area contributed by atoms with Gasteiger partial charge in [-0.15, -0.1) is 0 Å². The van der Waals surface area contributed by atoms with E-state index >= 15 is 0 Å². The van der Waals surface area contributed by atoms with E-state index < -0.39 is 5.97 Å². The van der Waals surface area contributed by atoms with Gasteiger partial charge in [-0.2, -0.15) is 0 Å². The number of carbonyl (C=O) groups excluding carboxylic acids is 1. The van der Waals surface area contributed by atoms with Crippen molar-refractivity contribution in [2.45, 2.75) is 31.7 Å². The highest BCUT2D eigenvalue weighted by Crippen LogP contribution is 2.31. The van der Waals surface area contributed by atoms with Crippen molar-refractivity contribution in [3.05, 3.63) is 0 Å². The van der Waals surface area contributed by atoms with Crippen LogP contribution in [-0.2, 0) is 4.79 Å². The maximum absolute atomic E-state index is 12.3. The molecule has 2 rings (SSSR count). The topological polar surface area (TPSA) is 81.1 Å². The fraction of sp³-hybridized carbons (Fsp3) is 0.833. The van der Waals surface area contributed by atoms with Crippen LogP contribution in [0, 0.1) is 5.92 Å². The van der Waals surface area contributed by atoms with E-state index in [1.807, 2.05) is 0 Å². The molecule has 2 N–H and O–H groups in total. The van der Waals surface area contributed by atoms with Crippen LogP contribution in [0.2, 0.25) is 0 Å². The minimum absolute atomic E-state index is 0.0768. The number of rotatable bonds is 7. The first-order valence-corrected chi connectivity index (χ1v) is 6.50. The molecule has 0 saturated heterocycles. The van der Waals surface area contributed by atoms with Gasteiger partial charge >= 0.3 is 12.0 Å². The second-order valence-corrected chi connectivity index (χ2v) is 5.15. The number of hydrogen-bond donors (Lipinski definition) is 2. The normalized spacial score (nSPS) is 18.5. The van der Waals surface area contributed by atoms with Crippen molar-refractivity contribution >= 4 is 12.0 Å². The molecular weight excluding hydrogens is 236 g/mol. The van der Waals surface area contributed by atoms with Gasteiger partial charge in [-0.1, -0.05) is 0 Å². The molecule has 0 heterocycles. The molecule has 2 aliphatic rings. The van der Waals surface area contributed by atoms with Crippen molar-refractivity contribution in [1.29, 1.82) is 0 Å². The van der Waals surface area contributed by atoms with Crippen molar-refractivity contribution in [1.82, 2.24) is 9.80 Å². The van der Waals surface area contributed by atoms with E-state index in [1.165, 1.54) is 4.90 Å². The molecule has 0 bridgehead atoms. The number of aliphatic hydroxyl groups is 1. The second-order valence-electron chi connectivity index (χ2n) is 5.15. The third-order valence-electron chi connectivity index (χ3n) is 3.35. The van der Waals surface area contributed by atoms with E-state index in [0.717, 1.165) is 25.7 Å². The lowest BCUT2D eigenvalue weighted by Crippen LogP contribution is -2.48. The van der Waals surface area contributed by atoms with Crippen LogP contribution in [0.5, 0.6) is 0 Å². The molecular formula is C12H20N2O4. The summed E-state index contributed by atoms with van der Waals surface area (Å²) in [6, 6.07) is -0.0407. The van der Waals surface area contributed by atoms with Crippen LogP contribution in [0.4, 0.5) is 4.79 Å². The molecule has 0 unspecified atom stereocenters. The second kappa shape index (κ2) is 5.56. The molecule has 0 aromatic heterocycles. The average Bonchev–Trinajstić information content (AvgIpc) is 3.15. The fourth-order valence-corrected chi connectivity index (χ4v) is 2.10. The summed E-state index contributed by atoms with van der Waals surface area (Å²) in [5.41, 5.74) is 0. The molecule has 6 heteroatoms. The van der Waals surface area contributed by atoms with Gasteiger partial charge in [0.15, 0.2) is 0 Å². The molecule has 0 radical (unpaired) electrons. The van der Waals surface area contributed by atoms with Crippen LogP contribution in [0.1, 0.15) is 25.7 Å². The lowest BCUT2D eigenvalue weighted by Gasteiger charge is -2.29. The predicted molar refractivity (Wildman–Crippen MR) is 64.1 cm³/mol. The highest BCUT2D eigenvalue weighted by atomic mass is 16.4. The lowest BCUT2D eigenvalue weighted by molar-refractivity contribution is -0.137. The first-order valence-electron chi connectivity index (χ1n) is 6.50. The first kappa shape index (κ1) is 13.1. The van der Waals surface area contributed by atoms with Crippen molar-refractivity contribution in [2.24, 2.45) is 5.92 Å². The van der Waals surface area contributed by atoms with Crippen LogP contribution in [0.3, 0.4) is 0 Å². The van der Waals surface area contributed by atoms with Gasteiger partial charge in [0.25, 0.3) is 0 Å². The van der Waals surface area contributed by atoms with Crippen LogP contribution < -0.4 is 0 Å². The Kier molecular flexibility index (Phi) is 4.06. The van der Waals surface area contributed by atoms with E-state index in [1.54, 1.807) is 4.90 Å². The van der Waals surface area contributed by atoms with Crippen molar-refractivity contribution in [2.75, 3.05) is 26.2 Å². The third-order valence-corrected chi connectivity index (χ3v) is 3.35. The Labute approximate surface area is 106 Å². The average molecular weight is 256 g/mol. The van der Waals surface area contributed by atoms with Crippen LogP contribution in [0.25, 0.3) is 0 Å². The van der Waals surface area contributed by atoms with Crippen LogP contribution in [0.15, 0.2) is 0 Å². The number of nitrogens with zero attached hydrogens (tertiary/aromatic N) is 2. The highest BCUT2D eigenvalue weighted by Gasteiger charge is 2.36. The first-order chi connectivity index (χ1) is 8.61. The molecule has 102 valence electrons. The molecule has 0 aromatic carbocycles. The van der Waals surface area contributed by atoms with Crippen molar-refractivity contribution < 1.29 is 19.8 Å². The Balaban J connectivity index is 1.96. The molecule has 6 nitrogen and oxygen atoms in total. The number of urea groups is 1. The van der Waals surface area contributed by atoms with Gasteiger partial charge in [0.2, 0.25) is 0 Å². The van der Waals surface area contributed by atoms with E-state index in [9.17, 15) is 9.59 Å². The number of carboxylic acid groups (broad SMARTS) is 1. The molecule has 0 atom stereocenters. The fourth-order valence-electron chi connectivity index (χ4n) is 2.10.